The van der Waals surface area contributed by atoms with Gasteiger partial charge in [-0.2, -0.15) is 0 Å². The van der Waals surface area contributed by atoms with Crippen molar-refractivity contribution in [2.24, 2.45) is 11.1 Å². The van der Waals surface area contributed by atoms with E-state index in [1.807, 2.05) is 6.08 Å². The van der Waals surface area contributed by atoms with Gasteiger partial charge in [-0.3, -0.25) is 0 Å². The Morgan fingerprint density at radius 1 is 1.36 bits per heavy atom. The van der Waals surface area contributed by atoms with Gasteiger partial charge in [0.1, 0.15) is 0 Å². The highest BCUT2D eigenvalue weighted by atomic mass is 15.1. The largest absolute Gasteiger partial charge is 0.330 e. The van der Waals surface area contributed by atoms with Gasteiger partial charge in [-0.1, -0.05) is 25.3 Å². The average Bonchev–Trinajstić information content (AvgIpc) is 2.19. The van der Waals surface area contributed by atoms with E-state index in [1.165, 1.54) is 32.1 Å². The SMILES string of the molecule is C=CCN(C)CC1(CN)CCCCC1. The van der Waals surface area contributed by atoms with E-state index >= 15 is 0 Å². The first-order valence-corrected chi connectivity index (χ1v) is 5.72. The molecule has 0 aromatic heterocycles. The van der Waals surface area contributed by atoms with Crippen molar-refractivity contribution in [3.8, 4) is 0 Å². The smallest absolute Gasteiger partial charge is 0.0157 e. The van der Waals surface area contributed by atoms with Crippen LogP contribution in [0.3, 0.4) is 0 Å². The first kappa shape index (κ1) is 11.7. The summed E-state index contributed by atoms with van der Waals surface area (Å²) in [6.45, 7) is 6.72. The number of hydrogen-bond donors (Lipinski definition) is 1. The summed E-state index contributed by atoms with van der Waals surface area (Å²) in [7, 11) is 2.16. The standard InChI is InChI=1S/C12H24N2/c1-3-9-14(2)11-12(10-13)7-5-4-6-8-12/h3H,1,4-11,13H2,2H3. The maximum Gasteiger partial charge on any atom is 0.0157 e. The van der Waals surface area contributed by atoms with Gasteiger partial charge in [0.15, 0.2) is 0 Å². The van der Waals surface area contributed by atoms with E-state index in [1.54, 1.807) is 0 Å². The van der Waals surface area contributed by atoms with Gasteiger partial charge < -0.3 is 10.6 Å². The first-order chi connectivity index (χ1) is 6.72. The summed E-state index contributed by atoms with van der Waals surface area (Å²) < 4.78 is 0. The highest BCUT2D eigenvalue weighted by molar-refractivity contribution is 4.87. The van der Waals surface area contributed by atoms with Gasteiger partial charge in [-0.05, 0) is 31.8 Å². The lowest BCUT2D eigenvalue weighted by atomic mass is 9.74. The molecule has 0 atom stereocenters. The molecule has 0 aliphatic heterocycles. The summed E-state index contributed by atoms with van der Waals surface area (Å²) >= 11 is 0. The zero-order valence-corrected chi connectivity index (χ0v) is 9.47. The Balaban J connectivity index is 2.46. The van der Waals surface area contributed by atoms with Crippen LogP contribution in [-0.4, -0.2) is 31.6 Å². The lowest BCUT2D eigenvalue weighted by Crippen LogP contribution is -2.42. The third kappa shape index (κ3) is 3.10. The van der Waals surface area contributed by atoms with Gasteiger partial charge in [0.25, 0.3) is 0 Å². The highest BCUT2D eigenvalue weighted by Crippen LogP contribution is 2.35. The van der Waals surface area contributed by atoms with Gasteiger partial charge in [0.05, 0.1) is 0 Å². The molecular weight excluding hydrogens is 172 g/mol. The fraction of sp³-hybridized carbons (Fsp3) is 0.833. The summed E-state index contributed by atoms with van der Waals surface area (Å²) in [4.78, 5) is 2.34. The summed E-state index contributed by atoms with van der Waals surface area (Å²) in [5.74, 6) is 0. The van der Waals surface area contributed by atoms with Crippen LogP contribution in [0.4, 0.5) is 0 Å². The molecule has 1 fully saturated rings. The second kappa shape index (κ2) is 5.52. The molecule has 1 aliphatic rings. The molecule has 2 N–H and O–H groups in total. The van der Waals surface area contributed by atoms with E-state index in [0.717, 1.165) is 19.6 Å². The third-order valence-electron chi connectivity index (χ3n) is 3.39. The number of nitrogens with zero attached hydrogens (tertiary/aromatic N) is 1. The van der Waals surface area contributed by atoms with E-state index in [2.05, 4.69) is 18.5 Å². The third-order valence-corrected chi connectivity index (χ3v) is 3.39. The molecule has 0 aromatic carbocycles. The van der Waals surface area contributed by atoms with Crippen molar-refractivity contribution in [2.75, 3.05) is 26.7 Å². The normalized spacial score (nSPS) is 21.1. The van der Waals surface area contributed by atoms with E-state index in [4.69, 9.17) is 5.73 Å². The van der Waals surface area contributed by atoms with Crippen LogP contribution in [0.25, 0.3) is 0 Å². The Labute approximate surface area is 88.2 Å². The van der Waals surface area contributed by atoms with Crippen LogP contribution in [0.15, 0.2) is 12.7 Å². The van der Waals surface area contributed by atoms with Gasteiger partial charge in [0, 0.05) is 13.1 Å². The molecule has 0 saturated heterocycles. The fourth-order valence-electron chi connectivity index (χ4n) is 2.59. The van der Waals surface area contributed by atoms with Crippen molar-refractivity contribution >= 4 is 0 Å². The van der Waals surface area contributed by atoms with Gasteiger partial charge >= 0.3 is 0 Å². The van der Waals surface area contributed by atoms with Gasteiger partial charge in [-0.25, -0.2) is 0 Å². The average molecular weight is 196 g/mol. The Morgan fingerprint density at radius 2 is 2.00 bits per heavy atom. The predicted octanol–water partition coefficient (Wildman–Crippen LogP) is 2.01. The van der Waals surface area contributed by atoms with Crippen LogP contribution < -0.4 is 5.73 Å². The minimum absolute atomic E-state index is 0.399. The second-order valence-electron chi connectivity index (χ2n) is 4.75. The maximum absolute atomic E-state index is 5.93. The minimum atomic E-state index is 0.399. The van der Waals surface area contributed by atoms with E-state index < -0.39 is 0 Å². The molecule has 1 aliphatic carbocycles. The zero-order chi connectivity index (χ0) is 10.4. The Hall–Kier alpha value is -0.340. The predicted molar refractivity (Wildman–Crippen MR) is 62.3 cm³/mol. The molecule has 14 heavy (non-hydrogen) atoms. The van der Waals surface area contributed by atoms with Crippen LogP contribution in [0.5, 0.6) is 0 Å². The van der Waals surface area contributed by atoms with Crippen molar-refractivity contribution in [1.82, 2.24) is 4.90 Å². The molecule has 0 heterocycles. The molecular formula is C12H24N2. The Kier molecular flexibility index (Phi) is 4.63. The summed E-state index contributed by atoms with van der Waals surface area (Å²) in [5, 5.41) is 0. The van der Waals surface area contributed by atoms with Gasteiger partial charge in [-0.15, -0.1) is 6.58 Å². The summed E-state index contributed by atoms with van der Waals surface area (Å²) in [6.07, 6.45) is 8.70. The van der Waals surface area contributed by atoms with Crippen LogP contribution in [-0.2, 0) is 0 Å². The number of hydrogen-bond acceptors (Lipinski definition) is 2. The molecule has 2 heteroatoms. The van der Waals surface area contributed by atoms with E-state index in [9.17, 15) is 0 Å². The summed E-state index contributed by atoms with van der Waals surface area (Å²) in [5.41, 5.74) is 6.33. The molecule has 2 nitrogen and oxygen atoms in total. The Bertz CT molecular complexity index is 171. The zero-order valence-electron chi connectivity index (χ0n) is 9.47. The van der Waals surface area contributed by atoms with Crippen molar-refractivity contribution in [1.29, 1.82) is 0 Å². The summed E-state index contributed by atoms with van der Waals surface area (Å²) in [6, 6.07) is 0. The molecule has 82 valence electrons. The Morgan fingerprint density at radius 3 is 2.50 bits per heavy atom. The first-order valence-electron chi connectivity index (χ1n) is 5.72. The van der Waals surface area contributed by atoms with E-state index in [-0.39, 0.29) is 0 Å². The number of rotatable bonds is 5. The molecule has 0 aromatic rings. The molecule has 0 unspecified atom stereocenters. The molecule has 0 bridgehead atoms. The molecule has 0 amide bonds. The topological polar surface area (TPSA) is 29.3 Å². The maximum atomic E-state index is 5.93. The van der Waals surface area contributed by atoms with E-state index in [0.29, 0.717) is 5.41 Å². The quantitative estimate of drug-likeness (QED) is 0.682. The minimum Gasteiger partial charge on any atom is -0.330 e. The highest BCUT2D eigenvalue weighted by Gasteiger charge is 2.31. The van der Waals surface area contributed by atoms with Crippen LogP contribution in [0.2, 0.25) is 0 Å². The lowest BCUT2D eigenvalue weighted by molar-refractivity contribution is 0.135. The fourth-order valence-corrected chi connectivity index (χ4v) is 2.59. The second-order valence-corrected chi connectivity index (χ2v) is 4.75. The van der Waals surface area contributed by atoms with Crippen LogP contribution >= 0.6 is 0 Å². The van der Waals surface area contributed by atoms with Crippen molar-refractivity contribution in [3.63, 3.8) is 0 Å². The molecule has 0 spiro atoms. The lowest BCUT2D eigenvalue weighted by Gasteiger charge is -2.39. The monoisotopic (exact) mass is 196 g/mol. The van der Waals surface area contributed by atoms with Crippen molar-refractivity contribution in [2.45, 2.75) is 32.1 Å². The van der Waals surface area contributed by atoms with Crippen molar-refractivity contribution in [3.05, 3.63) is 12.7 Å². The van der Waals surface area contributed by atoms with Crippen molar-refractivity contribution < 1.29 is 0 Å². The number of likely N-dealkylation sites (N-methyl/N-ethyl adjacent to an activating group) is 1. The van der Waals surface area contributed by atoms with Crippen LogP contribution in [0, 0.1) is 5.41 Å². The molecule has 1 saturated carbocycles. The number of nitrogens with two attached hydrogens (primary N) is 1. The van der Waals surface area contributed by atoms with Gasteiger partial charge in [0.2, 0.25) is 0 Å². The van der Waals surface area contributed by atoms with Crippen LogP contribution in [0.1, 0.15) is 32.1 Å². The molecule has 1 rings (SSSR count). The molecule has 0 radical (unpaired) electrons.